The number of likely N-dealkylation sites (tertiary alicyclic amines) is 1. The minimum absolute atomic E-state index is 0.118. The summed E-state index contributed by atoms with van der Waals surface area (Å²) in [4.78, 5) is 2.25. The van der Waals surface area contributed by atoms with E-state index in [1.165, 1.54) is 57.9 Å². The summed E-state index contributed by atoms with van der Waals surface area (Å²) in [6.45, 7) is 8.31. The number of nitrogens with two attached hydrogens (primary N) is 6. The lowest BCUT2D eigenvalue weighted by molar-refractivity contribution is -0.0840. The number of hydrogen-bond acceptors (Lipinski definition) is 9. The average molecular weight is 580 g/mol. The summed E-state index contributed by atoms with van der Waals surface area (Å²) in [5, 5.41) is 0. The molecule has 0 spiro atoms. The van der Waals surface area contributed by atoms with Gasteiger partial charge in [0.1, 0.15) is 0 Å². The van der Waals surface area contributed by atoms with E-state index >= 15 is 0 Å². The predicted octanol–water partition coefficient (Wildman–Crippen LogP) is 2.13. The van der Waals surface area contributed by atoms with Gasteiger partial charge in [0, 0.05) is 56.7 Å². The minimum Gasteiger partial charge on any atom is -0.380 e. The maximum atomic E-state index is 11.7. The van der Waals surface area contributed by atoms with Crippen molar-refractivity contribution in [2.24, 2.45) is 46.2 Å². The molecule has 5 saturated carbocycles. The van der Waals surface area contributed by atoms with Crippen LogP contribution in [-0.4, -0.2) is 93.6 Å². The fraction of sp³-hybridized carbons (Fsp3) is 1.00. The third-order valence-corrected chi connectivity index (χ3v) is 7.72. The lowest BCUT2D eigenvalue weighted by Crippen LogP contribution is -2.45. The van der Waals surface area contributed by atoms with Crippen molar-refractivity contribution in [3.05, 3.63) is 0 Å². The molecule has 0 amide bonds. The Balaban J connectivity index is 0.000000235. The van der Waals surface area contributed by atoms with E-state index in [4.69, 9.17) is 43.9 Å². The first-order valence-electron chi connectivity index (χ1n) is 15.4. The van der Waals surface area contributed by atoms with Gasteiger partial charge in [0.25, 0.3) is 5.92 Å². The molecule has 3 unspecified atom stereocenters. The van der Waals surface area contributed by atoms with Crippen molar-refractivity contribution in [3.63, 3.8) is 0 Å². The second kappa shape index (κ2) is 19.6. The van der Waals surface area contributed by atoms with Crippen LogP contribution in [0.15, 0.2) is 0 Å². The molecule has 40 heavy (non-hydrogen) atoms. The second-order valence-corrected chi connectivity index (χ2v) is 13.0. The Bertz CT molecular complexity index is 598. The van der Waals surface area contributed by atoms with Crippen molar-refractivity contribution < 1.29 is 18.3 Å². The molecule has 0 aromatic carbocycles. The van der Waals surface area contributed by atoms with Gasteiger partial charge < -0.3 is 48.8 Å². The van der Waals surface area contributed by atoms with Crippen molar-refractivity contribution in [2.75, 3.05) is 40.5 Å². The highest BCUT2D eigenvalue weighted by atomic mass is 19.3. The molecule has 0 bridgehead atoms. The van der Waals surface area contributed by atoms with E-state index < -0.39 is 5.92 Å². The lowest BCUT2D eigenvalue weighted by Gasteiger charge is -2.31. The monoisotopic (exact) mass is 580 g/mol. The van der Waals surface area contributed by atoms with E-state index in [0.717, 1.165) is 38.0 Å². The zero-order chi connectivity index (χ0) is 30.3. The van der Waals surface area contributed by atoms with E-state index in [0.29, 0.717) is 36.3 Å². The molecule has 0 radical (unpaired) electrons. The third-order valence-electron chi connectivity index (χ3n) is 7.72. The van der Waals surface area contributed by atoms with Crippen molar-refractivity contribution >= 4 is 0 Å². The number of rotatable bonds is 1. The van der Waals surface area contributed by atoms with Crippen LogP contribution >= 0.6 is 0 Å². The number of hydrogen-bond donors (Lipinski definition) is 6. The summed E-state index contributed by atoms with van der Waals surface area (Å²) in [5.41, 5.74) is 32.1. The van der Waals surface area contributed by atoms with Crippen molar-refractivity contribution in [3.8, 4) is 0 Å². The molecule has 11 heteroatoms. The molecule has 2 heterocycles. The zero-order valence-electron chi connectivity index (χ0n) is 25.8. The first kappa shape index (κ1) is 37.5. The summed E-state index contributed by atoms with van der Waals surface area (Å²) in [6, 6.07) is 2.00. The van der Waals surface area contributed by atoms with Crippen LogP contribution < -0.4 is 34.4 Å². The Labute approximate surface area is 242 Å². The van der Waals surface area contributed by atoms with Crippen molar-refractivity contribution in [1.82, 2.24) is 4.90 Å². The molecule has 12 N–H and O–H groups in total. The Kier molecular flexibility index (Phi) is 18.4. The number of nitrogens with zero attached hydrogens (tertiary/aromatic N) is 1. The van der Waals surface area contributed by atoms with Gasteiger partial charge in [-0.1, -0.05) is 33.1 Å². The lowest BCUT2D eigenvalue weighted by atomic mass is 9.83. The smallest absolute Gasteiger partial charge is 0.251 e. The number of ether oxygens (including phenoxy) is 2. The van der Waals surface area contributed by atoms with E-state index in [1.807, 2.05) is 0 Å². The topological polar surface area (TPSA) is 178 Å². The Morgan fingerprint density at radius 3 is 1.23 bits per heavy atom. The molecular weight excluding hydrogens is 516 g/mol. The summed E-state index contributed by atoms with van der Waals surface area (Å²) in [5.74, 6) is -0.431. The summed E-state index contributed by atoms with van der Waals surface area (Å²) >= 11 is 0. The highest BCUT2D eigenvalue weighted by molar-refractivity contribution is 4.91. The average Bonchev–Trinajstić information content (AvgIpc) is 3.72. The first-order valence-corrected chi connectivity index (χ1v) is 15.4. The minimum atomic E-state index is -2.43. The van der Waals surface area contributed by atoms with Gasteiger partial charge in [-0.3, -0.25) is 0 Å². The van der Waals surface area contributed by atoms with E-state index in [1.54, 1.807) is 7.11 Å². The van der Waals surface area contributed by atoms with E-state index in [2.05, 4.69) is 25.8 Å². The maximum Gasteiger partial charge on any atom is 0.251 e. The molecule has 9 nitrogen and oxygen atoms in total. The van der Waals surface area contributed by atoms with Crippen LogP contribution in [0.5, 0.6) is 0 Å². The molecule has 2 aliphatic heterocycles. The van der Waals surface area contributed by atoms with Crippen LogP contribution in [-0.2, 0) is 9.47 Å². The molecule has 7 fully saturated rings. The van der Waals surface area contributed by atoms with Gasteiger partial charge in [-0.05, 0) is 64.0 Å². The Morgan fingerprint density at radius 2 is 1.20 bits per heavy atom. The zero-order valence-corrected chi connectivity index (χ0v) is 25.8. The number of likely N-dealkylation sites (N-methyl/N-ethyl adjacent to an activating group) is 1. The fourth-order valence-electron chi connectivity index (χ4n) is 3.96. The molecule has 7 aliphatic rings. The van der Waals surface area contributed by atoms with Crippen molar-refractivity contribution in [1.29, 1.82) is 0 Å². The Morgan fingerprint density at radius 1 is 0.725 bits per heavy atom. The van der Waals surface area contributed by atoms with Gasteiger partial charge in [0.15, 0.2) is 0 Å². The first-order chi connectivity index (χ1) is 18.7. The fourth-order valence-corrected chi connectivity index (χ4v) is 3.96. The maximum absolute atomic E-state index is 11.7. The van der Waals surface area contributed by atoms with Gasteiger partial charge in [-0.25, -0.2) is 8.78 Å². The number of methoxy groups -OCH3 is 1. The largest absolute Gasteiger partial charge is 0.380 e. The number of alkyl halides is 2. The van der Waals surface area contributed by atoms with Crippen LogP contribution in [0.2, 0.25) is 0 Å². The van der Waals surface area contributed by atoms with Crippen LogP contribution in [0, 0.1) is 11.8 Å². The SMILES string of the molecule is CC1CC(N)C1.CC1CC1.CN1CCC(N)C1.COC1CC1N.NC1CC(F)(F)C1.NC1CCC1.NC1COC1. The highest BCUT2D eigenvalue weighted by Crippen LogP contribution is 2.35. The molecule has 5 aliphatic carbocycles. The van der Waals surface area contributed by atoms with E-state index in [-0.39, 0.29) is 18.9 Å². The van der Waals surface area contributed by atoms with Crippen LogP contribution in [0.4, 0.5) is 8.78 Å². The van der Waals surface area contributed by atoms with Crippen LogP contribution in [0.3, 0.4) is 0 Å². The summed E-state index contributed by atoms with van der Waals surface area (Å²) < 4.78 is 33.0. The van der Waals surface area contributed by atoms with Gasteiger partial charge >= 0.3 is 0 Å². The summed E-state index contributed by atoms with van der Waals surface area (Å²) in [7, 11) is 3.80. The summed E-state index contributed by atoms with van der Waals surface area (Å²) in [6.07, 6.45) is 11.7. The van der Waals surface area contributed by atoms with Gasteiger partial charge in [-0.15, -0.1) is 0 Å². The Hall–Kier alpha value is -0.500. The molecular formula is C29H63F2N7O2. The van der Waals surface area contributed by atoms with Gasteiger partial charge in [0.2, 0.25) is 0 Å². The van der Waals surface area contributed by atoms with Gasteiger partial charge in [0.05, 0.1) is 25.4 Å². The predicted molar refractivity (Wildman–Crippen MR) is 161 cm³/mol. The van der Waals surface area contributed by atoms with Crippen molar-refractivity contribution in [2.45, 2.75) is 133 Å². The normalized spacial score (nSPS) is 33.5. The molecule has 7 rings (SSSR count). The van der Waals surface area contributed by atoms with Gasteiger partial charge in [-0.2, -0.15) is 0 Å². The standard InChI is InChI=1S/C5H12N2.C5H11N.C4H7F2N.C4H9NO.C4H9N.C4H8.C3H7NO/c1-7-3-2-5(6)4-7;1-4-2-5(6)3-4;5-4(6)1-3(7)2-4;1-6-4-2-3(4)5;5-4-2-1-3-4;1-4-2-3-4;4-3-1-5-2-3/h5H,2-4,6H2,1H3;4-5H,2-3,6H2,1H3;3H,1-2,7H2;3-4H,2,5H2,1H3;4H,1-3,5H2;4H,2-3H2,1H3;3H,1-2,4H2. The molecule has 240 valence electrons. The third kappa shape index (κ3) is 20.4. The molecule has 0 aromatic heterocycles. The highest BCUT2D eigenvalue weighted by Gasteiger charge is 2.43. The molecule has 3 atom stereocenters. The quantitative estimate of drug-likeness (QED) is 0.271. The second-order valence-electron chi connectivity index (χ2n) is 13.0. The molecule has 2 saturated heterocycles. The molecule has 0 aromatic rings. The van der Waals surface area contributed by atoms with Crippen LogP contribution in [0.1, 0.15) is 84.5 Å². The van der Waals surface area contributed by atoms with Crippen LogP contribution in [0.25, 0.3) is 0 Å². The van der Waals surface area contributed by atoms with E-state index in [9.17, 15) is 8.78 Å². The number of halogens is 2.